The quantitative estimate of drug-likeness (QED) is 0.447. The van der Waals surface area contributed by atoms with Crippen molar-refractivity contribution in [3.63, 3.8) is 0 Å². The largest absolute Gasteiger partial charge is 0.355 e. The molecule has 1 aliphatic heterocycles. The van der Waals surface area contributed by atoms with Crippen LogP contribution >= 0.6 is 0 Å². The zero-order chi connectivity index (χ0) is 6.20. The first-order chi connectivity index (χ1) is 3.67. The number of carbonyl (C=O) groups excluding carboxylic acids is 1. The van der Waals surface area contributed by atoms with E-state index in [1.54, 1.807) is 0 Å². The highest BCUT2D eigenvalue weighted by molar-refractivity contribution is 8.04. The molecule has 45 valence electrons. The lowest BCUT2D eigenvalue weighted by Crippen LogP contribution is -2.07. The van der Waals surface area contributed by atoms with E-state index in [-0.39, 0.29) is 6.61 Å². The van der Waals surface area contributed by atoms with Gasteiger partial charge in [0.25, 0.3) is 0 Å². The van der Waals surface area contributed by atoms with E-state index < -0.39 is 15.3 Å². The Morgan fingerprint density at radius 2 is 2.12 bits per heavy atom. The van der Waals surface area contributed by atoms with Crippen LogP contribution < -0.4 is 0 Å². The zero-order valence-corrected chi connectivity index (χ0v) is 4.64. The van der Waals surface area contributed by atoms with E-state index >= 15 is 0 Å². The van der Waals surface area contributed by atoms with E-state index in [4.69, 9.17) is 0 Å². The molecule has 0 saturated carbocycles. The third-order valence-electron chi connectivity index (χ3n) is 0.765. The van der Waals surface area contributed by atoms with Crippen molar-refractivity contribution >= 4 is 15.5 Å². The maximum atomic E-state index is 10.2. The summed E-state index contributed by atoms with van der Waals surface area (Å²) in [7, 11) is -3.65. The summed E-state index contributed by atoms with van der Waals surface area (Å²) in [6, 6.07) is 0. The Bertz CT molecular complexity index is 187. The second-order valence-electron chi connectivity index (χ2n) is 1.39. The first-order valence-electron chi connectivity index (χ1n) is 1.91. The molecule has 4 nitrogen and oxygen atoms in total. The van der Waals surface area contributed by atoms with Gasteiger partial charge >= 0.3 is 5.62 Å². The molecule has 1 atom stereocenters. The first-order valence-corrected chi connectivity index (χ1v) is 3.46. The molecule has 8 heavy (non-hydrogen) atoms. The summed E-state index contributed by atoms with van der Waals surface area (Å²) in [5.74, 6) is 0. The molecular weight excluding hydrogens is 132 g/mol. The summed E-state index contributed by atoms with van der Waals surface area (Å²) >= 11 is 0. The minimum Gasteiger partial charge on any atom is -0.355 e. The van der Waals surface area contributed by atoms with Crippen molar-refractivity contribution in [3.05, 3.63) is 0 Å². The maximum absolute atomic E-state index is 10.2. The molecule has 1 radical (unpaired) electrons. The SMILES string of the molecule is O=[C]S(=O)(=O)C1CO1. The Morgan fingerprint density at radius 1 is 1.62 bits per heavy atom. The first kappa shape index (κ1) is 5.71. The maximum Gasteiger partial charge on any atom is 0.331 e. The average molecular weight is 135 g/mol. The number of epoxide rings is 1. The zero-order valence-electron chi connectivity index (χ0n) is 3.83. The standard InChI is InChI=1S/C3H3O4S/c4-2-8(5,6)3-1-7-3/h3H,1H2. The van der Waals surface area contributed by atoms with Crippen molar-refractivity contribution in [2.45, 2.75) is 5.44 Å². The van der Waals surface area contributed by atoms with Crippen LogP contribution in [0.1, 0.15) is 0 Å². The fraction of sp³-hybridized carbons (Fsp3) is 0.667. The highest BCUT2D eigenvalue weighted by Gasteiger charge is 2.37. The number of rotatable bonds is 2. The van der Waals surface area contributed by atoms with Gasteiger partial charge in [-0.1, -0.05) is 0 Å². The molecule has 0 spiro atoms. The molecule has 1 saturated heterocycles. The topological polar surface area (TPSA) is 63.7 Å². The molecule has 0 bridgehead atoms. The van der Waals surface area contributed by atoms with Crippen molar-refractivity contribution < 1.29 is 17.9 Å². The summed E-state index contributed by atoms with van der Waals surface area (Å²) in [5, 5.41) is 0. The predicted octanol–water partition coefficient (Wildman–Crippen LogP) is -1.18. The normalized spacial score (nSPS) is 27.2. The van der Waals surface area contributed by atoms with Gasteiger partial charge < -0.3 is 4.74 Å². The van der Waals surface area contributed by atoms with E-state index in [1.165, 1.54) is 0 Å². The van der Waals surface area contributed by atoms with E-state index in [0.29, 0.717) is 0 Å². The second-order valence-corrected chi connectivity index (χ2v) is 3.17. The minimum absolute atomic E-state index is 0.136. The van der Waals surface area contributed by atoms with Gasteiger partial charge in [0, 0.05) is 0 Å². The van der Waals surface area contributed by atoms with Gasteiger partial charge in [-0.15, -0.1) is 0 Å². The lowest BCUT2D eigenvalue weighted by Gasteiger charge is -1.78. The van der Waals surface area contributed by atoms with Gasteiger partial charge in [0.1, 0.15) is 0 Å². The third kappa shape index (κ3) is 0.873. The summed E-state index contributed by atoms with van der Waals surface area (Å²) in [5.41, 5.74) is 0.0116. The van der Waals surface area contributed by atoms with Crippen LogP contribution in [0.5, 0.6) is 0 Å². The number of hydrogen-bond acceptors (Lipinski definition) is 4. The lowest BCUT2D eigenvalue weighted by atomic mass is 11.0. The Hall–Kier alpha value is -0.420. The summed E-state index contributed by atoms with van der Waals surface area (Å²) in [6.07, 6.45) is 0. The van der Waals surface area contributed by atoms with Crippen LogP contribution in [0.2, 0.25) is 0 Å². The summed E-state index contributed by atoms with van der Waals surface area (Å²) in [6.45, 7) is 0.136. The molecule has 0 aromatic heterocycles. The third-order valence-corrected chi connectivity index (χ3v) is 1.96. The highest BCUT2D eigenvalue weighted by Crippen LogP contribution is 2.14. The van der Waals surface area contributed by atoms with Crippen LogP contribution in [0.3, 0.4) is 0 Å². The molecule has 1 heterocycles. The molecule has 0 N–H and O–H groups in total. The van der Waals surface area contributed by atoms with Gasteiger partial charge in [-0.25, -0.2) is 8.42 Å². The molecule has 1 unspecified atom stereocenters. The van der Waals surface area contributed by atoms with Crippen LogP contribution in [0.25, 0.3) is 0 Å². The van der Waals surface area contributed by atoms with E-state index in [2.05, 4.69) is 4.74 Å². The molecule has 0 aromatic rings. The van der Waals surface area contributed by atoms with Crippen LogP contribution in [0.4, 0.5) is 0 Å². The second kappa shape index (κ2) is 1.53. The number of sulfone groups is 1. The van der Waals surface area contributed by atoms with Crippen molar-refractivity contribution in [2.75, 3.05) is 6.61 Å². The fourth-order valence-corrected chi connectivity index (χ4v) is 0.816. The number of hydrogen-bond donors (Lipinski definition) is 0. The van der Waals surface area contributed by atoms with Crippen LogP contribution in [0.15, 0.2) is 0 Å². The van der Waals surface area contributed by atoms with Gasteiger partial charge in [0.2, 0.25) is 9.84 Å². The van der Waals surface area contributed by atoms with Gasteiger partial charge in [0.15, 0.2) is 5.44 Å². The van der Waals surface area contributed by atoms with Crippen LogP contribution in [0, 0.1) is 0 Å². The predicted molar refractivity (Wildman–Crippen MR) is 24.4 cm³/mol. The Balaban J connectivity index is 2.79. The smallest absolute Gasteiger partial charge is 0.331 e. The molecule has 1 fully saturated rings. The molecule has 1 aliphatic rings. The molecule has 5 heteroatoms. The Morgan fingerprint density at radius 3 is 2.25 bits per heavy atom. The van der Waals surface area contributed by atoms with Gasteiger partial charge in [-0.3, -0.25) is 4.79 Å². The molecule has 0 aliphatic carbocycles. The minimum atomic E-state index is -3.65. The van der Waals surface area contributed by atoms with Gasteiger partial charge in [-0.2, -0.15) is 0 Å². The van der Waals surface area contributed by atoms with Crippen molar-refractivity contribution in [2.24, 2.45) is 0 Å². The van der Waals surface area contributed by atoms with E-state index in [1.807, 2.05) is 0 Å². The monoisotopic (exact) mass is 135 g/mol. The Labute approximate surface area is 46.4 Å². The van der Waals surface area contributed by atoms with Gasteiger partial charge in [-0.05, 0) is 0 Å². The van der Waals surface area contributed by atoms with Crippen molar-refractivity contribution in [1.29, 1.82) is 0 Å². The highest BCUT2D eigenvalue weighted by atomic mass is 32.2. The van der Waals surface area contributed by atoms with E-state index in [0.717, 1.165) is 5.62 Å². The number of ether oxygens (including phenoxy) is 1. The van der Waals surface area contributed by atoms with Crippen LogP contribution in [-0.2, 0) is 19.4 Å². The van der Waals surface area contributed by atoms with Gasteiger partial charge in [0.05, 0.1) is 6.61 Å². The van der Waals surface area contributed by atoms with E-state index in [9.17, 15) is 13.2 Å². The Kier molecular flexibility index (Phi) is 1.09. The fourth-order valence-electron chi connectivity index (χ4n) is 0.272. The average Bonchev–Trinajstić information content (AvgIpc) is 2.44. The molecule has 1 rings (SSSR count). The van der Waals surface area contributed by atoms with Crippen molar-refractivity contribution in [3.8, 4) is 0 Å². The van der Waals surface area contributed by atoms with Crippen molar-refractivity contribution in [1.82, 2.24) is 0 Å². The summed E-state index contributed by atoms with van der Waals surface area (Å²) in [4.78, 5) is 9.52. The van der Waals surface area contributed by atoms with Crippen LogP contribution in [-0.4, -0.2) is 26.1 Å². The lowest BCUT2D eigenvalue weighted by molar-refractivity contribution is 0.446. The molecular formula is C3H3O4S. The molecule has 0 aromatic carbocycles. The molecule has 0 amide bonds. The summed E-state index contributed by atoms with van der Waals surface area (Å²) < 4.78 is 24.7.